The van der Waals surface area contributed by atoms with Crippen LogP contribution in [-0.4, -0.2) is 12.0 Å². The van der Waals surface area contributed by atoms with E-state index in [1.54, 1.807) is 0 Å². The van der Waals surface area contributed by atoms with Gasteiger partial charge in [0.1, 0.15) is 0 Å². The number of benzene rings is 1. The predicted molar refractivity (Wildman–Crippen MR) is 83.1 cm³/mol. The van der Waals surface area contributed by atoms with Crippen LogP contribution in [0.15, 0.2) is 47.1 Å². The van der Waals surface area contributed by atoms with Crippen LogP contribution in [0.5, 0.6) is 0 Å². The van der Waals surface area contributed by atoms with Crippen LogP contribution < -0.4 is 10.6 Å². The van der Waals surface area contributed by atoms with Crippen molar-refractivity contribution in [2.75, 3.05) is 11.9 Å². The van der Waals surface area contributed by atoms with Crippen molar-refractivity contribution in [3.8, 4) is 0 Å². The third kappa shape index (κ3) is 3.55. The first-order valence-corrected chi connectivity index (χ1v) is 7.03. The molecule has 100 valence electrons. The molecule has 2 aromatic rings. The minimum atomic E-state index is 0.0320. The molecule has 0 saturated carbocycles. The Morgan fingerprint density at radius 3 is 2.68 bits per heavy atom. The number of nitrogens with zero attached hydrogens (tertiary/aromatic N) is 2. The van der Waals surface area contributed by atoms with Gasteiger partial charge in [0, 0.05) is 29.4 Å². The summed E-state index contributed by atoms with van der Waals surface area (Å²) in [5, 5.41) is 0. The Labute approximate surface area is 122 Å². The van der Waals surface area contributed by atoms with E-state index in [9.17, 15) is 0 Å². The zero-order chi connectivity index (χ0) is 13.8. The number of halogens is 1. The molecule has 0 bridgehead atoms. The molecular formula is C15H18BrN3. The normalized spacial score (nSPS) is 12.2. The molecular weight excluding hydrogens is 302 g/mol. The SMILES string of the molecule is C[C@@H](N)c1ccc(N(C)Cc2ccccn2)cc1Br. The Kier molecular flexibility index (Phi) is 4.56. The van der Waals surface area contributed by atoms with Crippen molar-refractivity contribution in [1.82, 2.24) is 4.98 Å². The van der Waals surface area contributed by atoms with Crippen LogP contribution in [0.3, 0.4) is 0 Å². The summed E-state index contributed by atoms with van der Waals surface area (Å²) in [6.45, 7) is 2.77. The molecule has 0 aliphatic heterocycles. The van der Waals surface area contributed by atoms with E-state index in [4.69, 9.17) is 5.73 Å². The van der Waals surface area contributed by atoms with E-state index in [0.29, 0.717) is 0 Å². The first-order chi connectivity index (χ1) is 9.08. The van der Waals surface area contributed by atoms with Gasteiger partial charge in [-0.3, -0.25) is 4.98 Å². The van der Waals surface area contributed by atoms with Gasteiger partial charge in [-0.2, -0.15) is 0 Å². The number of pyridine rings is 1. The van der Waals surface area contributed by atoms with Crippen molar-refractivity contribution >= 4 is 21.6 Å². The van der Waals surface area contributed by atoms with Crippen LogP contribution >= 0.6 is 15.9 Å². The molecule has 2 N–H and O–H groups in total. The fourth-order valence-electron chi connectivity index (χ4n) is 1.95. The maximum absolute atomic E-state index is 5.91. The van der Waals surface area contributed by atoms with Gasteiger partial charge < -0.3 is 10.6 Å². The minimum Gasteiger partial charge on any atom is -0.369 e. The molecule has 1 aromatic carbocycles. The number of hydrogen-bond acceptors (Lipinski definition) is 3. The quantitative estimate of drug-likeness (QED) is 0.937. The summed E-state index contributed by atoms with van der Waals surface area (Å²) in [7, 11) is 2.06. The average Bonchev–Trinajstić information content (AvgIpc) is 2.39. The smallest absolute Gasteiger partial charge is 0.0598 e. The van der Waals surface area contributed by atoms with Gasteiger partial charge in [-0.25, -0.2) is 0 Å². The lowest BCUT2D eigenvalue weighted by molar-refractivity contribution is 0.811. The lowest BCUT2D eigenvalue weighted by Crippen LogP contribution is -2.17. The molecule has 0 aliphatic carbocycles. The largest absolute Gasteiger partial charge is 0.369 e. The van der Waals surface area contributed by atoms with Gasteiger partial charge >= 0.3 is 0 Å². The molecule has 1 atom stereocenters. The summed E-state index contributed by atoms with van der Waals surface area (Å²) < 4.78 is 1.05. The lowest BCUT2D eigenvalue weighted by Gasteiger charge is -2.20. The van der Waals surface area contributed by atoms with Gasteiger partial charge in [0.2, 0.25) is 0 Å². The summed E-state index contributed by atoms with van der Waals surface area (Å²) in [5.74, 6) is 0. The van der Waals surface area contributed by atoms with Gasteiger partial charge in [0.05, 0.1) is 12.2 Å². The highest BCUT2D eigenvalue weighted by atomic mass is 79.9. The zero-order valence-corrected chi connectivity index (χ0v) is 12.8. The molecule has 0 aliphatic rings. The third-order valence-electron chi connectivity index (χ3n) is 3.04. The van der Waals surface area contributed by atoms with E-state index in [-0.39, 0.29) is 6.04 Å². The van der Waals surface area contributed by atoms with Crippen molar-refractivity contribution in [2.45, 2.75) is 19.5 Å². The number of rotatable bonds is 4. The van der Waals surface area contributed by atoms with E-state index in [2.05, 4.69) is 51.1 Å². The molecule has 0 amide bonds. The van der Waals surface area contributed by atoms with Crippen molar-refractivity contribution in [3.63, 3.8) is 0 Å². The lowest BCUT2D eigenvalue weighted by atomic mass is 10.1. The molecule has 0 spiro atoms. The Hall–Kier alpha value is -1.39. The monoisotopic (exact) mass is 319 g/mol. The van der Waals surface area contributed by atoms with Crippen molar-refractivity contribution < 1.29 is 0 Å². The van der Waals surface area contributed by atoms with E-state index in [1.165, 1.54) is 0 Å². The highest BCUT2D eigenvalue weighted by molar-refractivity contribution is 9.10. The van der Waals surface area contributed by atoms with Gasteiger partial charge in [-0.15, -0.1) is 0 Å². The molecule has 19 heavy (non-hydrogen) atoms. The topological polar surface area (TPSA) is 42.1 Å². The summed E-state index contributed by atoms with van der Waals surface area (Å²) in [4.78, 5) is 6.50. The van der Waals surface area contributed by atoms with Crippen molar-refractivity contribution in [2.24, 2.45) is 5.73 Å². The second kappa shape index (κ2) is 6.17. The Bertz CT molecular complexity index is 540. The number of anilines is 1. The molecule has 1 heterocycles. The molecule has 2 rings (SSSR count). The summed E-state index contributed by atoms with van der Waals surface area (Å²) in [6, 6.07) is 12.3. The highest BCUT2D eigenvalue weighted by Gasteiger charge is 2.08. The van der Waals surface area contributed by atoms with Crippen LogP contribution in [0, 0.1) is 0 Å². The second-order valence-corrected chi connectivity index (χ2v) is 5.53. The maximum Gasteiger partial charge on any atom is 0.0598 e. The van der Waals surface area contributed by atoms with Gasteiger partial charge in [-0.1, -0.05) is 28.1 Å². The van der Waals surface area contributed by atoms with Crippen molar-refractivity contribution in [3.05, 3.63) is 58.3 Å². The predicted octanol–water partition coefficient (Wildman–Crippen LogP) is 3.50. The molecule has 1 aromatic heterocycles. The second-order valence-electron chi connectivity index (χ2n) is 4.67. The Morgan fingerprint density at radius 2 is 2.11 bits per heavy atom. The van der Waals surface area contributed by atoms with Crippen LogP contribution in [0.2, 0.25) is 0 Å². The maximum atomic E-state index is 5.91. The standard InChI is InChI=1S/C15H18BrN3/c1-11(17)14-7-6-13(9-15(14)16)19(2)10-12-5-3-4-8-18-12/h3-9,11H,10,17H2,1-2H3/t11-/m1/s1. The summed E-state index contributed by atoms with van der Waals surface area (Å²) in [6.07, 6.45) is 1.82. The molecule has 3 nitrogen and oxygen atoms in total. The molecule has 0 saturated heterocycles. The average molecular weight is 320 g/mol. The van der Waals surface area contributed by atoms with E-state index >= 15 is 0 Å². The first kappa shape index (κ1) is 14.0. The molecule has 0 fully saturated rings. The van der Waals surface area contributed by atoms with Crippen LogP contribution in [0.1, 0.15) is 24.2 Å². The van der Waals surface area contributed by atoms with Crippen LogP contribution in [0.4, 0.5) is 5.69 Å². The van der Waals surface area contributed by atoms with Crippen molar-refractivity contribution in [1.29, 1.82) is 0 Å². The number of hydrogen-bond donors (Lipinski definition) is 1. The number of aromatic nitrogens is 1. The zero-order valence-electron chi connectivity index (χ0n) is 11.2. The van der Waals surface area contributed by atoms with Gasteiger partial charge in [-0.05, 0) is 36.8 Å². The summed E-state index contributed by atoms with van der Waals surface area (Å²) >= 11 is 3.58. The third-order valence-corrected chi connectivity index (χ3v) is 3.73. The van der Waals surface area contributed by atoms with E-state index < -0.39 is 0 Å². The molecule has 4 heteroatoms. The fraction of sp³-hybridized carbons (Fsp3) is 0.267. The van der Waals surface area contributed by atoms with Crippen LogP contribution in [0.25, 0.3) is 0 Å². The molecule has 0 unspecified atom stereocenters. The van der Waals surface area contributed by atoms with Gasteiger partial charge in [0.25, 0.3) is 0 Å². The van der Waals surface area contributed by atoms with Crippen LogP contribution in [-0.2, 0) is 6.54 Å². The number of nitrogens with two attached hydrogens (primary N) is 1. The highest BCUT2D eigenvalue weighted by Crippen LogP contribution is 2.27. The first-order valence-electron chi connectivity index (χ1n) is 6.24. The van der Waals surface area contributed by atoms with Gasteiger partial charge in [0.15, 0.2) is 0 Å². The summed E-state index contributed by atoms with van der Waals surface area (Å²) in [5.41, 5.74) is 9.22. The minimum absolute atomic E-state index is 0.0320. The Morgan fingerprint density at radius 1 is 1.32 bits per heavy atom. The molecule has 0 radical (unpaired) electrons. The van der Waals surface area contributed by atoms with E-state index in [1.807, 2.05) is 31.3 Å². The fourth-order valence-corrected chi connectivity index (χ4v) is 2.68. The van der Waals surface area contributed by atoms with E-state index in [0.717, 1.165) is 28.0 Å². The Balaban J connectivity index is 2.16.